The van der Waals surface area contributed by atoms with E-state index in [9.17, 15) is 14.7 Å². The van der Waals surface area contributed by atoms with E-state index in [4.69, 9.17) is 9.47 Å². The predicted molar refractivity (Wildman–Crippen MR) is 170 cm³/mol. The monoisotopic (exact) mass is 613 g/mol. The van der Waals surface area contributed by atoms with Gasteiger partial charge in [0.05, 0.1) is 25.3 Å². The molecule has 43 heavy (non-hydrogen) atoms. The molecule has 0 saturated carbocycles. The lowest BCUT2D eigenvalue weighted by Gasteiger charge is -2.24. The number of allylic oxidation sites excluding steroid dienone is 1. The fraction of sp³-hybridized carbons (Fsp3) is 0.212. The highest BCUT2D eigenvalue weighted by Crippen LogP contribution is 2.45. The molecule has 10 heteroatoms. The maximum Gasteiger partial charge on any atom is 0.296 e. The van der Waals surface area contributed by atoms with Crippen LogP contribution in [0.4, 0.5) is 5.13 Å². The summed E-state index contributed by atoms with van der Waals surface area (Å²) in [7, 11) is 1.53. The van der Waals surface area contributed by atoms with E-state index in [1.54, 1.807) is 24.3 Å². The van der Waals surface area contributed by atoms with Crippen LogP contribution >= 0.6 is 23.1 Å². The number of thioether (sulfide) groups is 1. The number of rotatable bonds is 13. The van der Waals surface area contributed by atoms with E-state index in [1.807, 2.05) is 60.7 Å². The van der Waals surface area contributed by atoms with E-state index in [2.05, 4.69) is 17.1 Å². The molecule has 0 aliphatic carbocycles. The Hall–Kier alpha value is -4.41. The van der Waals surface area contributed by atoms with Crippen molar-refractivity contribution in [3.63, 3.8) is 0 Å². The van der Waals surface area contributed by atoms with E-state index >= 15 is 0 Å². The zero-order valence-corrected chi connectivity index (χ0v) is 25.4. The number of aromatic nitrogens is 2. The van der Waals surface area contributed by atoms with Crippen molar-refractivity contribution in [2.45, 2.75) is 35.9 Å². The molecule has 0 bridgehead atoms. The molecule has 1 aliphatic rings. The van der Waals surface area contributed by atoms with Crippen LogP contribution in [0.25, 0.3) is 6.08 Å². The maximum atomic E-state index is 13.6. The van der Waals surface area contributed by atoms with Gasteiger partial charge in [-0.05, 0) is 41.3 Å². The second-order valence-corrected chi connectivity index (χ2v) is 11.9. The number of aliphatic hydroxyl groups is 1. The van der Waals surface area contributed by atoms with Crippen molar-refractivity contribution in [1.82, 2.24) is 10.2 Å². The van der Waals surface area contributed by atoms with Crippen molar-refractivity contribution in [3.8, 4) is 11.5 Å². The maximum absolute atomic E-state index is 13.6. The van der Waals surface area contributed by atoms with Gasteiger partial charge in [-0.25, -0.2) is 0 Å². The highest BCUT2D eigenvalue weighted by atomic mass is 32.2. The van der Waals surface area contributed by atoms with E-state index in [1.165, 1.54) is 41.2 Å². The molecule has 220 valence electrons. The third-order valence-corrected chi connectivity index (χ3v) is 8.89. The molecule has 2 heterocycles. The molecule has 1 N–H and O–H groups in total. The van der Waals surface area contributed by atoms with Gasteiger partial charge in [0.2, 0.25) is 5.13 Å². The first-order chi connectivity index (χ1) is 21.0. The molecular weight excluding hydrogens is 583 g/mol. The summed E-state index contributed by atoms with van der Waals surface area (Å²) in [6.45, 7) is 2.61. The van der Waals surface area contributed by atoms with Crippen molar-refractivity contribution >= 4 is 46.0 Å². The quantitative estimate of drug-likeness (QED) is 0.0731. The minimum Gasteiger partial charge on any atom is -0.503 e. The van der Waals surface area contributed by atoms with Gasteiger partial charge in [-0.3, -0.25) is 14.5 Å². The van der Waals surface area contributed by atoms with Crippen LogP contribution < -0.4 is 14.4 Å². The van der Waals surface area contributed by atoms with E-state index in [0.717, 1.165) is 24.0 Å². The predicted octanol–water partition coefficient (Wildman–Crippen LogP) is 7.20. The smallest absolute Gasteiger partial charge is 0.296 e. The molecule has 1 amide bonds. The largest absolute Gasteiger partial charge is 0.503 e. The number of unbranched alkanes of at least 4 members (excludes halogenated alkanes) is 1. The Bertz CT molecular complexity index is 1640. The molecular formula is C33H31N3O5S2. The number of nitrogens with zero attached hydrogens (tertiary/aromatic N) is 3. The molecule has 8 nitrogen and oxygen atoms in total. The summed E-state index contributed by atoms with van der Waals surface area (Å²) in [5.41, 5.74) is 2.45. The van der Waals surface area contributed by atoms with Crippen LogP contribution in [0.5, 0.6) is 11.5 Å². The molecule has 3 aromatic carbocycles. The van der Waals surface area contributed by atoms with Gasteiger partial charge >= 0.3 is 0 Å². The summed E-state index contributed by atoms with van der Waals surface area (Å²) in [5, 5.41) is 20.0. The first-order valence-electron chi connectivity index (χ1n) is 13.8. The second kappa shape index (κ2) is 14.2. The minimum absolute atomic E-state index is 0.0485. The third-order valence-electron chi connectivity index (χ3n) is 6.77. The van der Waals surface area contributed by atoms with Gasteiger partial charge in [-0.1, -0.05) is 109 Å². The Morgan fingerprint density at radius 1 is 1.05 bits per heavy atom. The number of hydrogen-bond donors (Lipinski definition) is 1. The van der Waals surface area contributed by atoms with Gasteiger partial charge in [0, 0.05) is 5.75 Å². The number of anilines is 1. The fourth-order valence-electron chi connectivity index (χ4n) is 4.57. The molecule has 0 radical (unpaired) electrons. The van der Waals surface area contributed by atoms with Crippen LogP contribution in [-0.2, 0) is 15.3 Å². The third kappa shape index (κ3) is 6.98. The Balaban J connectivity index is 1.50. The molecule has 1 aliphatic heterocycles. The van der Waals surface area contributed by atoms with E-state index < -0.39 is 23.5 Å². The summed E-state index contributed by atoms with van der Waals surface area (Å²) in [6.07, 6.45) is 4.90. The molecule has 0 saturated heterocycles. The first-order valence-corrected chi connectivity index (χ1v) is 15.7. The topological polar surface area (TPSA) is 102 Å². The molecule has 1 unspecified atom stereocenters. The van der Waals surface area contributed by atoms with Gasteiger partial charge in [0.15, 0.2) is 27.4 Å². The number of methoxy groups -OCH3 is 1. The zero-order valence-electron chi connectivity index (χ0n) is 23.8. The molecule has 0 spiro atoms. The van der Waals surface area contributed by atoms with Crippen molar-refractivity contribution in [1.29, 1.82) is 0 Å². The number of aliphatic hydroxyl groups excluding tert-OH is 1. The number of hydrogen-bond acceptors (Lipinski definition) is 9. The number of carbonyl (C=O) groups is 2. The number of ketones is 1. The molecule has 4 aromatic rings. The lowest BCUT2D eigenvalue weighted by Crippen LogP contribution is -2.30. The van der Waals surface area contributed by atoms with Gasteiger partial charge in [0.1, 0.15) is 0 Å². The van der Waals surface area contributed by atoms with E-state index in [0.29, 0.717) is 33.8 Å². The average Bonchev–Trinajstić information content (AvgIpc) is 3.61. The summed E-state index contributed by atoms with van der Waals surface area (Å²) in [5.74, 6) is -0.150. The summed E-state index contributed by atoms with van der Waals surface area (Å²) < 4.78 is 12.2. The minimum atomic E-state index is -0.959. The molecule has 0 fully saturated rings. The summed E-state index contributed by atoms with van der Waals surface area (Å²) in [6, 6.07) is 23.6. The fourth-order valence-corrected chi connectivity index (χ4v) is 6.40. The van der Waals surface area contributed by atoms with Crippen molar-refractivity contribution in [2.75, 3.05) is 18.6 Å². The first kappa shape index (κ1) is 30.1. The molecule has 5 rings (SSSR count). The van der Waals surface area contributed by atoms with Gasteiger partial charge in [0.25, 0.3) is 5.91 Å². The van der Waals surface area contributed by atoms with Crippen LogP contribution in [0, 0.1) is 0 Å². The highest BCUT2D eigenvalue weighted by Gasteiger charge is 2.45. The Morgan fingerprint density at radius 3 is 2.51 bits per heavy atom. The van der Waals surface area contributed by atoms with Gasteiger partial charge < -0.3 is 14.6 Å². The Kier molecular flexibility index (Phi) is 9.91. The number of amides is 1. The van der Waals surface area contributed by atoms with Crippen LogP contribution in [0.2, 0.25) is 0 Å². The Morgan fingerprint density at radius 2 is 1.79 bits per heavy atom. The van der Waals surface area contributed by atoms with Crippen molar-refractivity contribution in [2.24, 2.45) is 0 Å². The standard InChI is InChI=1S/C33H31N3O5S2/c1-3-4-19-41-26-18-16-24(20-27(26)40-2)29-28(25(37)17-15-22-11-7-5-8-12-22)30(38)31(39)36(29)32-34-35-33(43-32)42-21-23-13-9-6-10-14-23/h5-18,20,29,38H,3-4,19,21H2,1-2H3/b17-15+. The number of benzene rings is 3. The number of ether oxygens (including phenoxy) is 2. The highest BCUT2D eigenvalue weighted by molar-refractivity contribution is 8.00. The summed E-state index contributed by atoms with van der Waals surface area (Å²) in [4.78, 5) is 28.5. The lowest BCUT2D eigenvalue weighted by molar-refractivity contribution is -0.117. The van der Waals surface area contributed by atoms with E-state index in [-0.39, 0.29) is 10.7 Å². The van der Waals surface area contributed by atoms with Gasteiger partial charge in [-0.2, -0.15) is 0 Å². The SMILES string of the molecule is CCCCOc1ccc(C2C(C(=O)/C=C/c3ccccc3)=C(O)C(=O)N2c2nnc(SCc3ccccc3)s2)cc1OC. The van der Waals surface area contributed by atoms with Crippen molar-refractivity contribution < 1.29 is 24.2 Å². The van der Waals surface area contributed by atoms with Crippen LogP contribution in [0.3, 0.4) is 0 Å². The number of carbonyl (C=O) groups excluding carboxylic acids is 2. The average molecular weight is 614 g/mol. The second-order valence-electron chi connectivity index (χ2n) is 9.69. The molecule has 1 atom stereocenters. The van der Waals surface area contributed by atoms with Crippen LogP contribution in [0.1, 0.15) is 42.5 Å². The lowest BCUT2D eigenvalue weighted by atomic mass is 9.95. The van der Waals surface area contributed by atoms with Crippen LogP contribution in [0.15, 0.2) is 101 Å². The van der Waals surface area contributed by atoms with Crippen molar-refractivity contribution in [3.05, 3.63) is 113 Å². The molecule has 1 aromatic heterocycles. The van der Waals surface area contributed by atoms with Crippen LogP contribution in [-0.4, -0.2) is 40.7 Å². The normalized spacial score (nSPS) is 15.0. The zero-order chi connectivity index (χ0) is 30.2. The van der Waals surface area contributed by atoms with Gasteiger partial charge in [-0.15, -0.1) is 10.2 Å². The summed E-state index contributed by atoms with van der Waals surface area (Å²) >= 11 is 2.73. The Labute approximate surface area is 258 Å².